The zero-order chi connectivity index (χ0) is 21.7. The summed E-state index contributed by atoms with van der Waals surface area (Å²) < 4.78 is 2.59. The summed E-state index contributed by atoms with van der Waals surface area (Å²) >= 11 is -0.556. The van der Waals surface area contributed by atoms with Crippen LogP contribution in [0.3, 0.4) is 0 Å². The number of fused-ring (bicyclic) bond motifs is 1. The molecule has 2 aliphatic heterocycles. The molecule has 1 saturated carbocycles. The minimum atomic E-state index is -1.73. The third-order valence-corrected chi connectivity index (χ3v) is 11.3. The van der Waals surface area contributed by atoms with E-state index >= 15 is 0 Å². The number of allylic oxidation sites excluding steroid dienone is 1. The van der Waals surface area contributed by atoms with Gasteiger partial charge in [0.25, 0.3) is 0 Å². The summed E-state index contributed by atoms with van der Waals surface area (Å²) in [5.41, 5.74) is 3.50. The van der Waals surface area contributed by atoms with E-state index in [1.807, 2.05) is 0 Å². The molecule has 4 nitrogen and oxygen atoms in total. The van der Waals surface area contributed by atoms with Crippen molar-refractivity contribution in [2.75, 3.05) is 20.0 Å². The number of dihydropyridines is 1. The molecule has 0 N–H and O–H groups in total. The third-order valence-electron chi connectivity index (χ3n) is 7.01. The van der Waals surface area contributed by atoms with Crippen LogP contribution in [-0.4, -0.2) is 45.1 Å². The van der Waals surface area contributed by atoms with Gasteiger partial charge in [-0.2, -0.15) is 0 Å². The van der Waals surface area contributed by atoms with Crippen LogP contribution in [0.2, 0.25) is 18.6 Å². The standard InChI is InChI=1S/C22H32N4Si.CH3.2ClH.Ti/c1-16(2)19-12-20-18(17-8-6-5-7-9-17)10-11-25-21(20)22(19)27(3,4)26-14-23-13-24-15-26;;;;/h5-11,16,19-22H,12-15H2,1-4H3;1H3;2*1H;/q-2;-1;;;+6/p-2. The molecule has 0 amide bonds. The Hall–Kier alpha value is 0.0212. The Kier molecular flexibility index (Phi) is 11.0. The van der Waals surface area contributed by atoms with Gasteiger partial charge in [0.2, 0.25) is 0 Å². The van der Waals surface area contributed by atoms with Gasteiger partial charge < -0.3 is 22.6 Å². The molecule has 1 aliphatic carbocycles. The molecule has 3 aliphatic rings. The van der Waals surface area contributed by atoms with E-state index in [1.165, 1.54) is 17.6 Å². The molecule has 2 fully saturated rings. The molecule has 0 aromatic heterocycles. The van der Waals surface area contributed by atoms with Gasteiger partial charge in [-0.3, -0.25) is 11.7 Å². The first kappa shape index (κ1) is 27.3. The first-order chi connectivity index (χ1) is 14.4. The van der Waals surface area contributed by atoms with Crippen molar-refractivity contribution in [3.63, 3.8) is 0 Å². The number of hydrogen-bond acceptors (Lipinski definition) is 2. The molecule has 0 spiro atoms. The molecule has 4 atom stereocenters. The second-order valence-electron chi connectivity index (χ2n) is 9.19. The summed E-state index contributed by atoms with van der Waals surface area (Å²) in [7, 11) is 8.05. The summed E-state index contributed by atoms with van der Waals surface area (Å²) in [6.45, 7) is 12.2. The number of hydrogen-bond donors (Lipinski definition) is 0. The minimum absolute atomic E-state index is 0. The molecule has 4 rings (SSSR count). The summed E-state index contributed by atoms with van der Waals surface area (Å²) in [5.74, 6) is 1.93. The Morgan fingerprint density at radius 1 is 1.13 bits per heavy atom. The normalized spacial score (nSPS) is 28.4. The molecular weight excluding hydrogens is 479 g/mol. The predicted molar refractivity (Wildman–Crippen MR) is 136 cm³/mol. The van der Waals surface area contributed by atoms with Crippen molar-refractivity contribution >= 4 is 38.6 Å². The van der Waals surface area contributed by atoms with Crippen molar-refractivity contribution in [2.24, 2.45) is 22.7 Å². The Balaban J connectivity index is 0.000000808. The van der Waals surface area contributed by atoms with Crippen molar-refractivity contribution in [1.82, 2.24) is 4.57 Å². The van der Waals surface area contributed by atoms with Gasteiger partial charge in [0.1, 0.15) is 8.24 Å². The van der Waals surface area contributed by atoms with E-state index < -0.39 is 25.3 Å². The maximum absolute atomic E-state index is 5.09. The number of halogens is 2. The average Bonchev–Trinajstić information content (AvgIpc) is 3.16. The van der Waals surface area contributed by atoms with E-state index in [2.05, 4.69) is 84.8 Å². The Morgan fingerprint density at radius 2 is 1.74 bits per heavy atom. The molecule has 4 unspecified atom stereocenters. The molecule has 1 aromatic rings. The van der Waals surface area contributed by atoms with Crippen LogP contribution < -0.4 is 0 Å². The average molecular weight is 514 g/mol. The zero-order valence-electron chi connectivity index (χ0n) is 19.3. The van der Waals surface area contributed by atoms with Gasteiger partial charge in [-0.15, -0.1) is 13.3 Å². The van der Waals surface area contributed by atoms with E-state index in [-0.39, 0.29) is 7.43 Å². The molecular formula is C23H35Cl2N4SiTi+. The van der Waals surface area contributed by atoms with Gasteiger partial charge in [0, 0.05) is 12.1 Å². The van der Waals surface area contributed by atoms with Gasteiger partial charge in [-0.25, -0.2) is 0 Å². The van der Waals surface area contributed by atoms with Crippen molar-refractivity contribution in [1.29, 1.82) is 0 Å². The van der Waals surface area contributed by atoms with Gasteiger partial charge in [-0.05, 0) is 41.0 Å². The second kappa shape index (κ2) is 12.5. The first-order valence-corrected chi connectivity index (χ1v) is 18.0. The van der Waals surface area contributed by atoms with Gasteiger partial charge in [-0.1, -0.05) is 57.3 Å². The molecule has 0 bridgehead atoms. The fraction of sp³-hybridized carbons (Fsp3) is 0.565. The van der Waals surface area contributed by atoms with Crippen LogP contribution in [0.15, 0.2) is 41.4 Å². The quantitative estimate of drug-likeness (QED) is 0.311. The third kappa shape index (κ3) is 6.13. The van der Waals surface area contributed by atoms with Gasteiger partial charge >= 0.3 is 35.6 Å². The van der Waals surface area contributed by atoms with Crippen LogP contribution >= 0.6 is 18.6 Å². The SMILES string of the molecule is CC(C)C1CC2C(c3ccccc3)=CC=NC2C1[Si](C)(C)N1C[N-]C[N-]C1.[CH3-].[Cl][Ti+4][Cl]. The Morgan fingerprint density at radius 3 is 2.32 bits per heavy atom. The number of rotatable bonds is 4. The summed E-state index contributed by atoms with van der Waals surface area (Å²) in [5, 5.41) is 9.15. The topological polar surface area (TPSA) is 43.8 Å². The van der Waals surface area contributed by atoms with E-state index in [1.54, 1.807) is 0 Å². The van der Waals surface area contributed by atoms with Gasteiger partial charge in [0.05, 0.1) is 6.04 Å². The molecule has 2 heterocycles. The van der Waals surface area contributed by atoms with E-state index in [9.17, 15) is 0 Å². The Labute approximate surface area is 207 Å². The van der Waals surface area contributed by atoms with Crippen molar-refractivity contribution in [3.8, 4) is 0 Å². The molecule has 1 saturated heterocycles. The van der Waals surface area contributed by atoms with Crippen molar-refractivity contribution < 1.29 is 17.0 Å². The van der Waals surface area contributed by atoms with Crippen LogP contribution in [0.25, 0.3) is 16.2 Å². The van der Waals surface area contributed by atoms with Crippen LogP contribution in [0.5, 0.6) is 0 Å². The molecule has 0 radical (unpaired) electrons. The Bertz CT molecular complexity index is 738. The number of aliphatic imine (C=N–C) groups is 1. The van der Waals surface area contributed by atoms with Gasteiger partial charge in [0.15, 0.2) is 0 Å². The van der Waals surface area contributed by atoms with E-state index in [4.69, 9.17) is 23.6 Å². The fourth-order valence-corrected chi connectivity index (χ4v) is 9.60. The monoisotopic (exact) mass is 513 g/mol. The molecule has 8 heteroatoms. The van der Waals surface area contributed by atoms with Crippen LogP contribution in [-0.2, 0) is 17.0 Å². The van der Waals surface area contributed by atoms with Crippen LogP contribution in [0.1, 0.15) is 25.8 Å². The molecule has 31 heavy (non-hydrogen) atoms. The number of nitrogens with zero attached hydrogens (tertiary/aromatic N) is 4. The second-order valence-corrected chi connectivity index (χ2v) is 16.4. The van der Waals surface area contributed by atoms with Crippen LogP contribution in [0, 0.1) is 25.2 Å². The van der Waals surface area contributed by atoms with Crippen molar-refractivity contribution in [3.05, 3.63) is 60.0 Å². The summed E-state index contributed by atoms with van der Waals surface area (Å²) in [4.78, 5) is 5.09. The van der Waals surface area contributed by atoms with Crippen LogP contribution in [0.4, 0.5) is 0 Å². The van der Waals surface area contributed by atoms with Crippen molar-refractivity contribution in [2.45, 2.75) is 44.9 Å². The number of benzene rings is 1. The maximum atomic E-state index is 5.09. The molecule has 1 aromatic carbocycles. The zero-order valence-corrected chi connectivity index (χ0v) is 23.4. The molecule has 168 valence electrons. The predicted octanol–water partition coefficient (Wildman–Crippen LogP) is 7.15. The first-order valence-electron chi connectivity index (χ1n) is 10.7. The summed E-state index contributed by atoms with van der Waals surface area (Å²) in [6, 6.07) is 11.3. The summed E-state index contributed by atoms with van der Waals surface area (Å²) in [6.07, 6.45) is 5.59. The fourth-order valence-electron chi connectivity index (χ4n) is 5.53. The van der Waals surface area contributed by atoms with E-state index in [0.717, 1.165) is 13.3 Å². The van der Waals surface area contributed by atoms with E-state index in [0.29, 0.717) is 36.0 Å².